The molecule has 1 unspecified atom stereocenters. The molecule has 0 saturated carbocycles. The Morgan fingerprint density at radius 1 is 0.407 bits per heavy atom. The molecule has 0 heterocycles. The highest BCUT2D eigenvalue weighted by Crippen LogP contribution is 2.13. The second-order valence-corrected chi connectivity index (χ2v) is 15.4. The molecule has 1 atom stereocenters. The first-order valence-electron chi connectivity index (χ1n) is 24.1. The quantitative estimate of drug-likeness (QED) is 0.0378. The van der Waals surface area contributed by atoms with Crippen molar-refractivity contribution in [3.8, 4) is 0 Å². The molecule has 0 aromatic carbocycles. The van der Waals surface area contributed by atoms with Crippen LogP contribution in [0, 0.1) is 0 Å². The molecular weight excluding hydrogens is 725 g/mol. The highest BCUT2D eigenvalue weighted by atomic mass is 16.6. The van der Waals surface area contributed by atoms with Gasteiger partial charge in [0.1, 0.15) is 6.10 Å². The third-order valence-electron chi connectivity index (χ3n) is 9.78. The van der Waals surface area contributed by atoms with Gasteiger partial charge in [-0.05, 0) is 103 Å². The van der Waals surface area contributed by atoms with E-state index < -0.39 is 6.10 Å². The lowest BCUT2D eigenvalue weighted by Gasteiger charge is -2.15. The largest absolute Gasteiger partial charge is 0.457 e. The Kier molecular flexibility index (Phi) is 48.2. The van der Waals surface area contributed by atoms with E-state index in [0.717, 1.165) is 103 Å². The Morgan fingerprint density at radius 3 is 1.07 bits per heavy atom. The Bertz CT molecular complexity index is 1180. The van der Waals surface area contributed by atoms with Crippen LogP contribution in [-0.2, 0) is 14.3 Å². The lowest BCUT2D eigenvalue weighted by Crippen LogP contribution is -2.27. The standard InChI is InChI=1S/C55H90O4/c1-3-5-7-9-11-13-15-17-19-21-23-25-27-28-29-30-32-34-36-38-40-42-44-46-48-50-55(57)59-54(52-56)53-58-51-49-47-45-43-41-39-37-35-33-31-26-24-22-20-18-16-14-12-10-8-6-4-2/h5-8,11-14,17-20,23-26,28-29,32,34,54,56H,3-4,9-10,15-16,21-22,27,30-31,33,35-53H2,1-2H3/b7-5-,8-6-,13-11-,14-12-,19-17-,20-18-,25-23-,26-24-,29-28-,34-32-. The van der Waals surface area contributed by atoms with Crippen molar-refractivity contribution >= 4 is 5.97 Å². The molecule has 0 aliphatic rings. The molecule has 4 nitrogen and oxygen atoms in total. The summed E-state index contributed by atoms with van der Waals surface area (Å²) in [4.78, 5) is 12.3. The van der Waals surface area contributed by atoms with E-state index in [1.54, 1.807) is 0 Å². The van der Waals surface area contributed by atoms with Crippen molar-refractivity contribution in [1.82, 2.24) is 0 Å². The normalized spacial score (nSPS) is 13.5. The average molecular weight is 815 g/mol. The highest BCUT2D eigenvalue weighted by Gasteiger charge is 2.13. The first-order chi connectivity index (χ1) is 29.2. The van der Waals surface area contributed by atoms with E-state index in [9.17, 15) is 9.90 Å². The van der Waals surface area contributed by atoms with Crippen LogP contribution in [0.3, 0.4) is 0 Å². The van der Waals surface area contributed by atoms with Gasteiger partial charge in [-0.2, -0.15) is 0 Å². The zero-order valence-corrected chi connectivity index (χ0v) is 38.2. The van der Waals surface area contributed by atoms with Crippen molar-refractivity contribution in [3.05, 3.63) is 122 Å². The van der Waals surface area contributed by atoms with E-state index >= 15 is 0 Å². The van der Waals surface area contributed by atoms with Crippen LogP contribution in [0.2, 0.25) is 0 Å². The molecule has 0 spiro atoms. The molecule has 0 aromatic rings. The summed E-state index contributed by atoms with van der Waals surface area (Å²) in [5, 5.41) is 9.64. The number of carbonyl (C=O) groups is 1. The molecule has 0 bridgehead atoms. The summed E-state index contributed by atoms with van der Waals surface area (Å²) in [7, 11) is 0. The van der Waals surface area contributed by atoms with Gasteiger partial charge in [0.25, 0.3) is 0 Å². The fourth-order valence-corrected chi connectivity index (χ4v) is 6.26. The van der Waals surface area contributed by atoms with E-state index in [2.05, 4.69) is 135 Å². The van der Waals surface area contributed by atoms with Gasteiger partial charge in [-0.15, -0.1) is 0 Å². The molecule has 4 heteroatoms. The zero-order chi connectivity index (χ0) is 42.6. The van der Waals surface area contributed by atoms with E-state index in [1.165, 1.54) is 70.6 Å². The van der Waals surface area contributed by atoms with Gasteiger partial charge in [0.15, 0.2) is 0 Å². The molecule has 0 aliphatic carbocycles. The van der Waals surface area contributed by atoms with E-state index in [4.69, 9.17) is 9.47 Å². The maximum absolute atomic E-state index is 12.3. The number of carbonyl (C=O) groups excluding carboxylic acids is 1. The third kappa shape index (κ3) is 49.1. The summed E-state index contributed by atoms with van der Waals surface area (Å²) in [5.41, 5.74) is 0. The molecule has 0 aromatic heterocycles. The van der Waals surface area contributed by atoms with Crippen LogP contribution in [-0.4, -0.2) is 37.0 Å². The van der Waals surface area contributed by atoms with Gasteiger partial charge in [-0.25, -0.2) is 0 Å². The van der Waals surface area contributed by atoms with Gasteiger partial charge in [0.2, 0.25) is 0 Å². The topological polar surface area (TPSA) is 55.8 Å². The number of allylic oxidation sites excluding steroid dienone is 20. The number of hydrogen-bond acceptors (Lipinski definition) is 4. The van der Waals surface area contributed by atoms with Crippen molar-refractivity contribution in [2.24, 2.45) is 0 Å². The van der Waals surface area contributed by atoms with E-state index in [1.807, 2.05) is 0 Å². The van der Waals surface area contributed by atoms with Gasteiger partial charge in [0, 0.05) is 13.0 Å². The van der Waals surface area contributed by atoms with Crippen molar-refractivity contribution < 1.29 is 19.4 Å². The summed E-state index contributed by atoms with van der Waals surface area (Å²) >= 11 is 0. The maximum atomic E-state index is 12.3. The van der Waals surface area contributed by atoms with Gasteiger partial charge < -0.3 is 14.6 Å². The summed E-state index contributed by atoms with van der Waals surface area (Å²) in [5.74, 6) is -0.222. The maximum Gasteiger partial charge on any atom is 0.306 e. The number of aliphatic hydroxyl groups is 1. The molecule has 1 N–H and O–H groups in total. The number of unbranched alkanes of at least 4 members (excludes halogenated alkanes) is 15. The summed E-state index contributed by atoms with van der Waals surface area (Å²) < 4.78 is 11.2. The van der Waals surface area contributed by atoms with Crippen molar-refractivity contribution in [3.63, 3.8) is 0 Å². The SMILES string of the molecule is CC/C=C\C/C=C\C/C=C\C/C=C\C/C=C\C/C=C\CCCCCCCCC(=O)OC(CO)COCCCCCCCCCCC/C=C\C/C=C\C/C=C\C/C=C\CC. The molecule has 0 amide bonds. The summed E-state index contributed by atoms with van der Waals surface area (Å²) in [6.07, 6.45) is 75.6. The minimum absolute atomic E-state index is 0.189. The second kappa shape index (κ2) is 50.9. The predicted octanol–water partition coefficient (Wildman–Crippen LogP) is 16.4. The Morgan fingerprint density at radius 2 is 0.712 bits per heavy atom. The van der Waals surface area contributed by atoms with Crippen LogP contribution in [0.25, 0.3) is 0 Å². The number of esters is 1. The minimum atomic E-state index is -0.556. The molecule has 0 saturated heterocycles. The van der Waals surface area contributed by atoms with Gasteiger partial charge in [-0.3, -0.25) is 4.79 Å². The summed E-state index contributed by atoms with van der Waals surface area (Å²) in [6.45, 7) is 5.08. The zero-order valence-electron chi connectivity index (χ0n) is 38.2. The molecule has 0 aliphatic heterocycles. The second-order valence-electron chi connectivity index (χ2n) is 15.4. The van der Waals surface area contributed by atoms with Crippen LogP contribution in [0.4, 0.5) is 0 Å². The number of hydrogen-bond donors (Lipinski definition) is 1. The monoisotopic (exact) mass is 815 g/mol. The van der Waals surface area contributed by atoms with Crippen LogP contribution in [0.5, 0.6) is 0 Å². The first-order valence-corrected chi connectivity index (χ1v) is 24.1. The van der Waals surface area contributed by atoms with Crippen LogP contribution >= 0.6 is 0 Å². The number of ether oxygens (including phenoxy) is 2. The smallest absolute Gasteiger partial charge is 0.306 e. The van der Waals surface area contributed by atoms with Crippen molar-refractivity contribution in [2.75, 3.05) is 19.8 Å². The van der Waals surface area contributed by atoms with E-state index in [-0.39, 0.29) is 19.2 Å². The molecule has 59 heavy (non-hydrogen) atoms. The van der Waals surface area contributed by atoms with Gasteiger partial charge in [-0.1, -0.05) is 206 Å². The average Bonchev–Trinajstić information content (AvgIpc) is 3.24. The third-order valence-corrected chi connectivity index (χ3v) is 9.78. The fraction of sp³-hybridized carbons (Fsp3) is 0.618. The minimum Gasteiger partial charge on any atom is -0.457 e. The predicted molar refractivity (Wildman–Crippen MR) is 260 cm³/mol. The Labute approximate surface area is 365 Å². The van der Waals surface area contributed by atoms with Gasteiger partial charge >= 0.3 is 5.97 Å². The van der Waals surface area contributed by atoms with Crippen LogP contribution < -0.4 is 0 Å². The lowest BCUT2D eigenvalue weighted by molar-refractivity contribution is -0.154. The van der Waals surface area contributed by atoms with Crippen LogP contribution in [0.15, 0.2) is 122 Å². The van der Waals surface area contributed by atoms with Crippen molar-refractivity contribution in [1.29, 1.82) is 0 Å². The van der Waals surface area contributed by atoms with Gasteiger partial charge in [0.05, 0.1) is 13.2 Å². The van der Waals surface area contributed by atoms with E-state index in [0.29, 0.717) is 13.0 Å². The first kappa shape index (κ1) is 55.8. The Hall–Kier alpha value is -3.21. The van der Waals surface area contributed by atoms with Crippen molar-refractivity contribution in [2.45, 2.75) is 200 Å². The molecular formula is C55H90O4. The summed E-state index contributed by atoms with van der Waals surface area (Å²) in [6, 6.07) is 0. The molecule has 334 valence electrons. The molecule has 0 rings (SSSR count). The molecule has 0 fully saturated rings. The van der Waals surface area contributed by atoms with Crippen LogP contribution in [0.1, 0.15) is 194 Å². The molecule has 0 radical (unpaired) electrons. The number of rotatable bonds is 43. The Balaban J connectivity index is 3.53. The lowest BCUT2D eigenvalue weighted by atomic mass is 10.1. The number of aliphatic hydroxyl groups excluding tert-OH is 1. The highest BCUT2D eigenvalue weighted by molar-refractivity contribution is 5.69. The fourth-order valence-electron chi connectivity index (χ4n) is 6.26.